The van der Waals surface area contributed by atoms with Crippen molar-refractivity contribution in [2.45, 2.75) is 51.6 Å². The Bertz CT molecular complexity index is 273. The monoisotopic (exact) mass is 194 g/mol. The smallest absolute Gasteiger partial charge is 0.309 e. The van der Waals surface area contributed by atoms with Crippen LogP contribution in [0.2, 0.25) is 0 Å². The normalized spacial score (nSPS) is 51.2. The van der Waals surface area contributed by atoms with E-state index in [1.165, 1.54) is 12.8 Å². The number of ether oxygens (including phenoxy) is 1. The van der Waals surface area contributed by atoms with Crippen LogP contribution in [0.15, 0.2) is 0 Å². The Balaban J connectivity index is 1.97. The minimum Gasteiger partial charge on any atom is -0.462 e. The van der Waals surface area contributed by atoms with Gasteiger partial charge in [-0.15, -0.1) is 0 Å². The summed E-state index contributed by atoms with van der Waals surface area (Å²) >= 11 is 0. The van der Waals surface area contributed by atoms with Crippen LogP contribution in [0.1, 0.15) is 45.4 Å². The number of hydrogen-bond acceptors (Lipinski definition) is 2. The molecule has 0 N–H and O–H groups in total. The average Bonchev–Trinajstić information content (AvgIpc) is 2.27. The molecule has 1 heterocycles. The Kier molecular flexibility index (Phi) is 1.71. The third-order valence-corrected chi connectivity index (χ3v) is 4.43. The summed E-state index contributed by atoms with van der Waals surface area (Å²) in [7, 11) is 0. The lowest BCUT2D eigenvalue weighted by molar-refractivity contribution is -0.157. The van der Waals surface area contributed by atoms with Gasteiger partial charge >= 0.3 is 5.97 Å². The van der Waals surface area contributed by atoms with Gasteiger partial charge in [0.05, 0.1) is 5.92 Å². The topological polar surface area (TPSA) is 26.3 Å². The minimum absolute atomic E-state index is 0.0986. The number of esters is 1. The summed E-state index contributed by atoms with van der Waals surface area (Å²) < 4.78 is 5.54. The summed E-state index contributed by atoms with van der Waals surface area (Å²) in [6.45, 7) is 2.38. The molecule has 0 radical (unpaired) electrons. The Morgan fingerprint density at radius 2 is 2.21 bits per heavy atom. The highest BCUT2D eigenvalue weighted by atomic mass is 16.5. The Labute approximate surface area is 85.0 Å². The van der Waals surface area contributed by atoms with E-state index >= 15 is 0 Å². The fraction of sp³-hybridized carbons (Fsp3) is 0.917. The van der Waals surface area contributed by atoms with E-state index in [1.54, 1.807) is 0 Å². The van der Waals surface area contributed by atoms with Crippen molar-refractivity contribution < 1.29 is 9.53 Å². The molecule has 4 bridgehead atoms. The van der Waals surface area contributed by atoms with E-state index in [2.05, 4.69) is 6.92 Å². The van der Waals surface area contributed by atoms with E-state index in [4.69, 9.17) is 4.74 Å². The number of hydrogen-bond donors (Lipinski definition) is 0. The summed E-state index contributed by atoms with van der Waals surface area (Å²) in [5, 5.41) is 0. The average molecular weight is 194 g/mol. The Hall–Kier alpha value is -0.530. The fourth-order valence-electron chi connectivity index (χ4n) is 3.86. The summed E-state index contributed by atoms with van der Waals surface area (Å²) in [6.07, 6.45) is 7.23. The zero-order chi connectivity index (χ0) is 9.76. The van der Waals surface area contributed by atoms with Crippen LogP contribution in [0.25, 0.3) is 0 Å². The quantitative estimate of drug-likeness (QED) is 0.554. The maximum atomic E-state index is 11.7. The maximum Gasteiger partial charge on any atom is 0.309 e. The molecule has 0 spiro atoms. The summed E-state index contributed by atoms with van der Waals surface area (Å²) in [6, 6.07) is 0. The fourth-order valence-corrected chi connectivity index (χ4v) is 3.86. The molecular weight excluding hydrogens is 176 g/mol. The molecule has 78 valence electrons. The molecule has 3 aliphatic rings. The molecule has 2 heteroatoms. The minimum atomic E-state index is 0.0986. The second kappa shape index (κ2) is 2.74. The molecule has 2 aliphatic carbocycles. The van der Waals surface area contributed by atoms with E-state index in [-0.39, 0.29) is 18.0 Å². The van der Waals surface area contributed by atoms with Crippen molar-refractivity contribution in [1.82, 2.24) is 0 Å². The molecule has 3 fully saturated rings. The van der Waals surface area contributed by atoms with E-state index in [0.29, 0.717) is 5.41 Å². The highest BCUT2D eigenvalue weighted by Crippen LogP contribution is 2.51. The van der Waals surface area contributed by atoms with Crippen molar-refractivity contribution in [3.05, 3.63) is 0 Å². The van der Waals surface area contributed by atoms with Crippen LogP contribution < -0.4 is 0 Å². The molecule has 4 atom stereocenters. The lowest BCUT2D eigenvalue weighted by Crippen LogP contribution is -2.35. The van der Waals surface area contributed by atoms with Gasteiger partial charge in [0.25, 0.3) is 0 Å². The highest BCUT2D eigenvalue weighted by molar-refractivity contribution is 5.73. The molecule has 1 saturated heterocycles. The van der Waals surface area contributed by atoms with Crippen LogP contribution in [0.3, 0.4) is 0 Å². The first-order valence-corrected chi connectivity index (χ1v) is 5.85. The van der Waals surface area contributed by atoms with Gasteiger partial charge in [-0.1, -0.05) is 6.92 Å². The lowest BCUT2D eigenvalue weighted by atomic mass is 9.69. The summed E-state index contributed by atoms with van der Waals surface area (Å²) in [5.41, 5.74) is 0.475. The van der Waals surface area contributed by atoms with Crippen LogP contribution in [0.4, 0.5) is 0 Å². The second-order valence-electron chi connectivity index (χ2n) is 5.85. The van der Waals surface area contributed by atoms with Crippen molar-refractivity contribution in [3.8, 4) is 0 Å². The van der Waals surface area contributed by atoms with Crippen molar-refractivity contribution in [1.29, 1.82) is 0 Å². The molecule has 0 aromatic rings. The molecule has 0 amide bonds. The van der Waals surface area contributed by atoms with Crippen LogP contribution in [0, 0.1) is 17.3 Å². The molecule has 0 aromatic heterocycles. The van der Waals surface area contributed by atoms with Crippen molar-refractivity contribution in [2.24, 2.45) is 17.3 Å². The van der Waals surface area contributed by atoms with E-state index in [1.807, 2.05) is 0 Å². The van der Waals surface area contributed by atoms with Crippen LogP contribution in [-0.4, -0.2) is 12.1 Å². The molecule has 1 aliphatic heterocycles. The second-order valence-corrected chi connectivity index (χ2v) is 5.85. The molecule has 3 rings (SSSR count). The van der Waals surface area contributed by atoms with Gasteiger partial charge in [0, 0.05) is 0 Å². The van der Waals surface area contributed by atoms with Gasteiger partial charge in [0.15, 0.2) is 0 Å². The first kappa shape index (κ1) is 8.75. The van der Waals surface area contributed by atoms with Crippen LogP contribution in [-0.2, 0) is 9.53 Å². The van der Waals surface area contributed by atoms with Crippen molar-refractivity contribution in [3.63, 3.8) is 0 Å². The predicted molar refractivity (Wildman–Crippen MR) is 52.7 cm³/mol. The first-order chi connectivity index (χ1) is 6.65. The van der Waals surface area contributed by atoms with Crippen LogP contribution >= 0.6 is 0 Å². The van der Waals surface area contributed by atoms with E-state index in [0.717, 1.165) is 31.6 Å². The highest BCUT2D eigenvalue weighted by Gasteiger charge is 2.46. The summed E-state index contributed by atoms with van der Waals surface area (Å²) in [5.74, 6) is 1.09. The maximum absolute atomic E-state index is 11.7. The lowest BCUT2D eigenvalue weighted by Gasteiger charge is -2.40. The molecular formula is C12H18O2. The molecule has 2 nitrogen and oxygen atoms in total. The SMILES string of the molecule is CC12CCC3CC(CC(C1)OC3=O)C2. The van der Waals surface area contributed by atoms with Gasteiger partial charge in [-0.25, -0.2) is 0 Å². The van der Waals surface area contributed by atoms with Gasteiger partial charge < -0.3 is 4.74 Å². The molecule has 4 unspecified atom stereocenters. The number of rotatable bonds is 0. The summed E-state index contributed by atoms with van der Waals surface area (Å²) in [4.78, 5) is 11.7. The Morgan fingerprint density at radius 1 is 1.36 bits per heavy atom. The van der Waals surface area contributed by atoms with Crippen molar-refractivity contribution >= 4 is 5.97 Å². The third kappa shape index (κ3) is 1.27. The third-order valence-electron chi connectivity index (χ3n) is 4.43. The zero-order valence-corrected chi connectivity index (χ0v) is 8.79. The standard InChI is InChI=1S/C12H18O2/c1-12-3-2-9-4-8(6-12)5-10(7-12)14-11(9)13/h8-10H,2-7H2,1H3. The van der Waals surface area contributed by atoms with Crippen LogP contribution in [0.5, 0.6) is 0 Å². The number of fused-ring (bicyclic) bond motifs is 3. The molecule has 2 saturated carbocycles. The van der Waals surface area contributed by atoms with Gasteiger partial charge in [-0.3, -0.25) is 4.79 Å². The number of carbonyl (C=O) groups excluding carboxylic acids is 1. The number of carbonyl (C=O) groups is 1. The van der Waals surface area contributed by atoms with Gasteiger partial charge in [0.1, 0.15) is 6.10 Å². The van der Waals surface area contributed by atoms with E-state index < -0.39 is 0 Å². The molecule has 0 aromatic carbocycles. The first-order valence-electron chi connectivity index (χ1n) is 5.85. The molecule has 14 heavy (non-hydrogen) atoms. The predicted octanol–water partition coefficient (Wildman–Crippen LogP) is 2.52. The zero-order valence-electron chi connectivity index (χ0n) is 8.79. The van der Waals surface area contributed by atoms with Gasteiger partial charge in [0.2, 0.25) is 0 Å². The van der Waals surface area contributed by atoms with Gasteiger partial charge in [-0.2, -0.15) is 0 Å². The van der Waals surface area contributed by atoms with Crippen molar-refractivity contribution in [2.75, 3.05) is 0 Å². The van der Waals surface area contributed by atoms with Gasteiger partial charge in [-0.05, 0) is 49.9 Å². The van der Waals surface area contributed by atoms with E-state index in [9.17, 15) is 4.79 Å². The largest absolute Gasteiger partial charge is 0.462 e. The Morgan fingerprint density at radius 3 is 3.07 bits per heavy atom.